The molecule has 1 heterocycles. The number of quaternary nitrogens is 1. The van der Waals surface area contributed by atoms with Crippen LogP contribution in [-0.4, -0.2) is 65.1 Å². The molecule has 1 N–H and O–H groups in total. The van der Waals surface area contributed by atoms with Crippen molar-refractivity contribution in [1.82, 2.24) is 4.90 Å². The van der Waals surface area contributed by atoms with E-state index in [1.807, 2.05) is 17.0 Å². The maximum atomic E-state index is 12.3. The van der Waals surface area contributed by atoms with Crippen LogP contribution in [0.25, 0.3) is 0 Å². The largest absolute Gasteiger partial charge is 0.493 e. The number of rotatable bonds is 8. The van der Waals surface area contributed by atoms with Crippen LogP contribution in [-0.2, 0) is 4.79 Å². The third kappa shape index (κ3) is 4.08. The molecule has 1 aliphatic heterocycles. The lowest BCUT2D eigenvalue weighted by Gasteiger charge is -2.25. The molecule has 1 aliphatic rings. The summed E-state index contributed by atoms with van der Waals surface area (Å²) >= 11 is 1.64. The van der Waals surface area contributed by atoms with E-state index in [2.05, 4.69) is 14.1 Å². The van der Waals surface area contributed by atoms with Crippen molar-refractivity contribution in [1.29, 1.82) is 0 Å². The van der Waals surface area contributed by atoms with Gasteiger partial charge in [0.1, 0.15) is 5.37 Å². The Kier molecular flexibility index (Phi) is 6.62. The maximum absolute atomic E-state index is 12.3. The molecular formula is C17H27N2O4S+. The van der Waals surface area contributed by atoms with Gasteiger partial charge < -0.3 is 24.0 Å². The van der Waals surface area contributed by atoms with Crippen LogP contribution in [0.15, 0.2) is 12.1 Å². The molecule has 0 spiro atoms. The fourth-order valence-corrected chi connectivity index (χ4v) is 4.02. The Bertz CT molecular complexity index is 555. The first-order chi connectivity index (χ1) is 11.5. The number of thioether (sulfide) groups is 1. The SMILES string of the molecule is COc1cc([C@@H]2SCC(=O)N2CCC[NH+](C)C)cc(OC)c1OC. The maximum Gasteiger partial charge on any atom is 0.233 e. The fourth-order valence-electron chi connectivity index (χ4n) is 2.82. The van der Waals surface area contributed by atoms with E-state index in [1.54, 1.807) is 33.1 Å². The topological polar surface area (TPSA) is 52.4 Å². The van der Waals surface area contributed by atoms with Gasteiger partial charge >= 0.3 is 0 Å². The van der Waals surface area contributed by atoms with Gasteiger partial charge in [-0.15, -0.1) is 11.8 Å². The first-order valence-electron chi connectivity index (χ1n) is 8.01. The van der Waals surface area contributed by atoms with Crippen LogP contribution in [0, 0.1) is 0 Å². The molecule has 1 aromatic rings. The monoisotopic (exact) mass is 355 g/mol. The normalized spacial score (nSPS) is 17.5. The van der Waals surface area contributed by atoms with Gasteiger partial charge in [0.15, 0.2) is 11.5 Å². The highest BCUT2D eigenvalue weighted by atomic mass is 32.2. The van der Waals surface area contributed by atoms with E-state index in [-0.39, 0.29) is 11.3 Å². The van der Waals surface area contributed by atoms with Crippen molar-refractivity contribution in [3.8, 4) is 17.2 Å². The van der Waals surface area contributed by atoms with E-state index in [0.29, 0.717) is 23.0 Å². The second-order valence-electron chi connectivity index (χ2n) is 6.02. The van der Waals surface area contributed by atoms with Crippen molar-refractivity contribution >= 4 is 17.7 Å². The summed E-state index contributed by atoms with van der Waals surface area (Å²) in [5.41, 5.74) is 0.998. The molecule has 6 nitrogen and oxygen atoms in total. The summed E-state index contributed by atoms with van der Waals surface area (Å²) in [7, 11) is 9.04. The summed E-state index contributed by atoms with van der Waals surface area (Å²) in [6.45, 7) is 1.80. The molecule has 0 aromatic heterocycles. The average molecular weight is 355 g/mol. The van der Waals surface area contributed by atoms with Crippen LogP contribution < -0.4 is 19.1 Å². The Hall–Kier alpha value is -1.60. The lowest BCUT2D eigenvalue weighted by atomic mass is 10.1. The minimum absolute atomic E-state index is 0.0108. The van der Waals surface area contributed by atoms with Crippen LogP contribution in [0.1, 0.15) is 17.4 Å². The number of ether oxygens (including phenoxy) is 3. The van der Waals surface area contributed by atoms with Crippen LogP contribution in [0.2, 0.25) is 0 Å². The first-order valence-corrected chi connectivity index (χ1v) is 9.06. The summed E-state index contributed by atoms with van der Waals surface area (Å²) in [5.74, 6) is 2.50. The number of nitrogens with zero attached hydrogens (tertiary/aromatic N) is 1. The van der Waals surface area contributed by atoms with E-state index in [4.69, 9.17) is 14.2 Å². The number of methoxy groups -OCH3 is 3. The third-order valence-electron chi connectivity index (χ3n) is 4.02. The highest BCUT2D eigenvalue weighted by molar-refractivity contribution is 8.00. The van der Waals surface area contributed by atoms with E-state index in [1.165, 1.54) is 4.90 Å². The second kappa shape index (κ2) is 8.48. The van der Waals surface area contributed by atoms with Crippen molar-refractivity contribution in [2.24, 2.45) is 0 Å². The highest BCUT2D eigenvalue weighted by Gasteiger charge is 2.33. The van der Waals surface area contributed by atoms with Gasteiger partial charge in [0, 0.05) is 13.0 Å². The van der Waals surface area contributed by atoms with Crippen LogP contribution in [0.5, 0.6) is 17.2 Å². The molecule has 1 atom stereocenters. The second-order valence-corrected chi connectivity index (χ2v) is 7.09. The van der Waals surface area contributed by atoms with E-state index in [0.717, 1.165) is 25.1 Å². The fraction of sp³-hybridized carbons (Fsp3) is 0.588. The summed E-state index contributed by atoms with van der Waals surface area (Å²) in [5, 5.41) is -0.0108. The van der Waals surface area contributed by atoms with Crippen molar-refractivity contribution in [2.75, 3.05) is 54.3 Å². The smallest absolute Gasteiger partial charge is 0.233 e. The summed E-state index contributed by atoms with van der Waals surface area (Å²) in [4.78, 5) is 15.6. The number of hydrogen-bond donors (Lipinski definition) is 1. The molecule has 0 saturated carbocycles. The molecule has 1 amide bonds. The molecule has 1 fully saturated rings. The molecule has 24 heavy (non-hydrogen) atoms. The minimum Gasteiger partial charge on any atom is -0.493 e. The van der Waals surface area contributed by atoms with Gasteiger partial charge in [0.2, 0.25) is 11.7 Å². The quantitative estimate of drug-likeness (QED) is 0.748. The van der Waals surface area contributed by atoms with Gasteiger partial charge in [-0.3, -0.25) is 4.79 Å². The molecule has 0 aliphatic carbocycles. The summed E-state index contributed by atoms with van der Waals surface area (Å²) < 4.78 is 16.2. The first kappa shape index (κ1) is 18.7. The highest BCUT2D eigenvalue weighted by Crippen LogP contribution is 2.45. The molecule has 134 valence electrons. The Morgan fingerprint density at radius 3 is 2.29 bits per heavy atom. The van der Waals surface area contributed by atoms with Gasteiger partial charge in [-0.2, -0.15) is 0 Å². The third-order valence-corrected chi connectivity index (χ3v) is 5.27. The molecule has 2 rings (SSSR count). The zero-order chi connectivity index (χ0) is 17.7. The van der Waals surface area contributed by atoms with Crippen molar-refractivity contribution in [2.45, 2.75) is 11.8 Å². The number of nitrogens with one attached hydrogen (secondary N) is 1. The van der Waals surface area contributed by atoms with Crippen molar-refractivity contribution in [3.05, 3.63) is 17.7 Å². The molecule has 1 saturated heterocycles. The van der Waals surface area contributed by atoms with Gasteiger partial charge in [0.05, 0.1) is 47.7 Å². The Morgan fingerprint density at radius 2 is 1.79 bits per heavy atom. The zero-order valence-corrected chi connectivity index (χ0v) is 15.9. The number of benzene rings is 1. The lowest BCUT2D eigenvalue weighted by Crippen LogP contribution is -3.05. The number of amides is 1. The standard InChI is InChI=1S/C17H26N2O4S/c1-18(2)7-6-8-19-15(20)11-24-17(19)12-9-13(21-3)16(23-5)14(10-12)22-4/h9-10,17H,6-8,11H2,1-5H3/p+1/t17-/m0/s1. The van der Waals surface area contributed by atoms with Crippen LogP contribution in [0.4, 0.5) is 0 Å². The molecule has 1 aromatic carbocycles. The van der Waals surface area contributed by atoms with E-state index >= 15 is 0 Å². The lowest BCUT2D eigenvalue weighted by molar-refractivity contribution is -0.858. The van der Waals surface area contributed by atoms with E-state index in [9.17, 15) is 4.79 Å². The summed E-state index contributed by atoms with van der Waals surface area (Å²) in [6.07, 6.45) is 0.982. The molecule has 0 bridgehead atoms. The molecule has 7 heteroatoms. The van der Waals surface area contributed by atoms with Crippen molar-refractivity contribution < 1.29 is 23.9 Å². The van der Waals surface area contributed by atoms with Crippen LogP contribution >= 0.6 is 11.8 Å². The average Bonchev–Trinajstić information content (AvgIpc) is 2.94. The van der Waals surface area contributed by atoms with Crippen molar-refractivity contribution in [3.63, 3.8) is 0 Å². The minimum atomic E-state index is -0.0108. The Morgan fingerprint density at radius 1 is 1.17 bits per heavy atom. The Labute approximate surface area is 148 Å². The molecule has 0 unspecified atom stereocenters. The van der Waals surface area contributed by atoms with Crippen LogP contribution in [0.3, 0.4) is 0 Å². The predicted molar refractivity (Wildman–Crippen MR) is 95.3 cm³/mol. The number of carbonyl (C=O) groups is 1. The Balaban J connectivity index is 2.26. The van der Waals surface area contributed by atoms with Gasteiger partial charge in [-0.25, -0.2) is 0 Å². The van der Waals surface area contributed by atoms with Gasteiger partial charge in [-0.1, -0.05) is 0 Å². The molecule has 0 radical (unpaired) electrons. The number of carbonyl (C=O) groups excluding carboxylic acids is 1. The summed E-state index contributed by atoms with van der Waals surface area (Å²) in [6, 6.07) is 3.86. The van der Waals surface area contributed by atoms with Gasteiger partial charge in [-0.05, 0) is 17.7 Å². The van der Waals surface area contributed by atoms with E-state index < -0.39 is 0 Å². The predicted octanol–water partition coefficient (Wildman–Crippen LogP) is 0.821. The zero-order valence-electron chi connectivity index (χ0n) is 15.0. The van der Waals surface area contributed by atoms with Gasteiger partial charge in [0.25, 0.3) is 0 Å². The number of hydrogen-bond acceptors (Lipinski definition) is 5. The molecular weight excluding hydrogens is 328 g/mol.